The fourth-order valence-corrected chi connectivity index (χ4v) is 3.66. The predicted octanol–water partition coefficient (Wildman–Crippen LogP) is 4.33. The zero-order valence-electron chi connectivity index (χ0n) is 23.8. The molecule has 3 rings (SSSR count). The van der Waals surface area contributed by atoms with Crippen LogP contribution in [0.25, 0.3) is 0 Å². The minimum absolute atomic E-state index is 0.0691. The first-order valence-electron chi connectivity index (χ1n) is 13.2. The van der Waals surface area contributed by atoms with Crippen LogP contribution in [0.3, 0.4) is 0 Å². The summed E-state index contributed by atoms with van der Waals surface area (Å²) in [6.07, 6.45) is -0.273. The van der Waals surface area contributed by atoms with Crippen LogP contribution in [0.4, 0.5) is 14.5 Å². The summed E-state index contributed by atoms with van der Waals surface area (Å²) in [5.41, 5.74) is 0.245. The molecule has 2 unspecified atom stereocenters. The first-order chi connectivity index (χ1) is 20.5. The molecule has 0 aliphatic rings. The smallest absolute Gasteiger partial charge is 0.328 e. The number of aromatic nitrogens is 1. The van der Waals surface area contributed by atoms with Crippen LogP contribution in [0.1, 0.15) is 49.9 Å². The lowest BCUT2D eigenvalue weighted by molar-refractivity contribution is -0.155. The molecule has 1 heterocycles. The fourth-order valence-electron chi connectivity index (χ4n) is 3.66. The van der Waals surface area contributed by atoms with Crippen LogP contribution >= 0.6 is 0 Å². The number of rotatable bonds is 14. The van der Waals surface area contributed by atoms with Crippen LogP contribution in [0, 0.1) is 17.6 Å². The van der Waals surface area contributed by atoms with Crippen molar-refractivity contribution >= 4 is 29.9 Å². The molecule has 0 spiro atoms. The van der Waals surface area contributed by atoms with Crippen LogP contribution in [0.2, 0.25) is 0 Å². The number of carbonyl (C=O) groups excluding carboxylic acids is 4. The van der Waals surface area contributed by atoms with Crippen molar-refractivity contribution in [3.05, 3.63) is 83.7 Å². The Hall–Kier alpha value is -5.07. The molecule has 0 aliphatic carbocycles. The van der Waals surface area contributed by atoms with Gasteiger partial charge in [-0.3, -0.25) is 14.4 Å². The normalized spacial score (nSPS) is 12.8. The van der Waals surface area contributed by atoms with Crippen LogP contribution in [-0.2, 0) is 23.9 Å². The Morgan fingerprint density at radius 1 is 0.907 bits per heavy atom. The van der Waals surface area contributed by atoms with E-state index >= 15 is 0 Å². The van der Waals surface area contributed by atoms with E-state index in [1.807, 2.05) is 0 Å². The van der Waals surface area contributed by atoms with Crippen molar-refractivity contribution in [2.45, 2.75) is 45.9 Å². The molecule has 0 bridgehead atoms. The van der Waals surface area contributed by atoms with E-state index in [0.29, 0.717) is 12.0 Å². The van der Waals surface area contributed by atoms with E-state index in [2.05, 4.69) is 15.6 Å². The number of esters is 2. The Balaban J connectivity index is 1.73. The van der Waals surface area contributed by atoms with E-state index in [-0.39, 0.29) is 22.9 Å². The van der Waals surface area contributed by atoms with Crippen molar-refractivity contribution in [1.82, 2.24) is 10.3 Å². The van der Waals surface area contributed by atoms with Gasteiger partial charge >= 0.3 is 11.9 Å². The maximum absolute atomic E-state index is 13.6. The SMILES string of the molecule is CC(C)C(=O)OCOc1c(NC=O)ccnc1C(=O)N[C@@H](C)C(=O)OC(C)C(Oc1ccc(F)cc1)c1ccc(F)cc1. The maximum Gasteiger partial charge on any atom is 0.328 e. The summed E-state index contributed by atoms with van der Waals surface area (Å²) >= 11 is 0. The molecule has 3 atom stereocenters. The summed E-state index contributed by atoms with van der Waals surface area (Å²) < 4.78 is 48.9. The van der Waals surface area contributed by atoms with E-state index in [1.165, 1.54) is 67.7 Å². The number of pyridine rings is 1. The largest absolute Gasteiger partial charge is 0.482 e. The van der Waals surface area contributed by atoms with Gasteiger partial charge in [0.15, 0.2) is 17.5 Å². The summed E-state index contributed by atoms with van der Waals surface area (Å²) in [5.74, 6) is -3.53. The third kappa shape index (κ3) is 9.21. The molecule has 0 saturated heterocycles. The number of nitrogens with one attached hydrogen (secondary N) is 2. The highest BCUT2D eigenvalue weighted by molar-refractivity contribution is 5.99. The molecule has 2 aromatic carbocycles. The number of anilines is 1. The molecular formula is C30H31F2N3O8. The minimum Gasteiger partial charge on any atom is -0.482 e. The van der Waals surface area contributed by atoms with Gasteiger partial charge < -0.3 is 29.6 Å². The molecule has 0 aliphatic heterocycles. The number of hydrogen-bond acceptors (Lipinski definition) is 9. The monoisotopic (exact) mass is 599 g/mol. The van der Waals surface area contributed by atoms with Gasteiger partial charge in [-0.15, -0.1) is 0 Å². The molecule has 0 fully saturated rings. The summed E-state index contributed by atoms with van der Waals surface area (Å²) in [5, 5.41) is 4.83. The lowest BCUT2D eigenvalue weighted by Gasteiger charge is -2.27. The molecule has 0 radical (unpaired) electrons. The third-order valence-electron chi connectivity index (χ3n) is 5.91. The van der Waals surface area contributed by atoms with Gasteiger partial charge in [-0.1, -0.05) is 26.0 Å². The number of halogens is 2. The van der Waals surface area contributed by atoms with Gasteiger partial charge in [0.1, 0.15) is 29.5 Å². The average Bonchev–Trinajstić information content (AvgIpc) is 2.97. The number of hydrogen-bond donors (Lipinski definition) is 2. The average molecular weight is 600 g/mol. The van der Waals surface area contributed by atoms with E-state index in [1.54, 1.807) is 20.8 Å². The first kappa shape index (κ1) is 32.4. The van der Waals surface area contributed by atoms with Gasteiger partial charge in [-0.25, -0.2) is 18.6 Å². The van der Waals surface area contributed by atoms with Crippen molar-refractivity contribution in [3.8, 4) is 11.5 Å². The van der Waals surface area contributed by atoms with Crippen molar-refractivity contribution in [2.24, 2.45) is 5.92 Å². The highest BCUT2D eigenvalue weighted by Crippen LogP contribution is 2.29. The molecule has 228 valence electrons. The molecule has 2 N–H and O–H groups in total. The Morgan fingerprint density at radius 3 is 2.14 bits per heavy atom. The van der Waals surface area contributed by atoms with E-state index in [4.69, 9.17) is 18.9 Å². The van der Waals surface area contributed by atoms with Gasteiger partial charge in [0, 0.05) is 6.20 Å². The molecule has 3 aromatic rings. The van der Waals surface area contributed by atoms with Gasteiger partial charge in [-0.05, 0) is 61.9 Å². The minimum atomic E-state index is -1.20. The third-order valence-corrected chi connectivity index (χ3v) is 5.91. The molecule has 43 heavy (non-hydrogen) atoms. The number of carbonyl (C=O) groups is 4. The highest BCUT2D eigenvalue weighted by Gasteiger charge is 2.29. The molecular weight excluding hydrogens is 568 g/mol. The van der Waals surface area contributed by atoms with Crippen molar-refractivity contribution < 1.29 is 46.9 Å². The molecule has 0 saturated carbocycles. The molecule has 13 heteroatoms. The van der Waals surface area contributed by atoms with E-state index < -0.39 is 60.4 Å². The molecule has 11 nitrogen and oxygen atoms in total. The zero-order chi connectivity index (χ0) is 31.5. The van der Waals surface area contributed by atoms with E-state index in [9.17, 15) is 28.0 Å². The van der Waals surface area contributed by atoms with Crippen molar-refractivity contribution in [2.75, 3.05) is 12.1 Å². The molecule has 1 aromatic heterocycles. The number of ether oxygens (including phenoxy) is 4. The summed E-state index contributed by atoms with van der Waals surface area (Å²) in [4.78, 5) is 53.0. The second-order valence-corrected chi connectivity index (χ2v) is 9.56. The van der Waals surface area contributed by atoms with Crippen LogP contribution in [0.5, 0.6) is 11.5 Å². The Morgan fingerprint density at radius 2 is 1.53 bits per heavy atom. The standard InChI is InChI=1S/C30H31F2N3O8/c1-17(2)29(38)41-16-40-27-24(34-15-36)13-14-33-25(27)28(37)35-18(3)30(39)42-19(4)26(20-5-7-21(31)8-6-20)43-23-11-9-22(32)10-12-23/h5-15,17-19,26H,16H2,1-4H3,(H,35,37)(H,33,34,36)/t18-,19?,26?/m0/s1. The van der Waals surface area contributed by atoms with Crippen LogP contribution < -0.4 is 20.1 Å². The van der Waals surface area contributed by atoms with Crippen LogP contribution in [0.15, 0.2) is 60.8 Å². The fraction of sp³-hybridized carbons (Fsp3) is 0.300. The first-order valence-corrected chi connectivity index (χ1v) is 13.2. The van der Waals surface area contributed by atoms with Gasteiger partial charge in [0.25, 0.3) is 5.91 Å². The Kier molecular flexibility index (Phi) is 11.5. The second-order valence-electron chi connectivity index (χ2n) is 9.56. The Bertz CT molecular complexity index is 1420. The van der Waals surface area contributed by atoms with Gasteiger partial charge in [-0.2, -0.15) is 0 Å². The number of amides is 2. The van der Waals surface area contributed by atoms with E-state index in [0.717, 1.165) is 0 Å². The second kappa shape index (κ2) is 15.2. The van der Waals surface area contributed by atoms with Gasteiger partial charge in [0.2, 0.25) is 13.2 Å². The summed E-state index contributed by atoms with van der Waals surface area (Å²) in [6.45, 7) is 5.61. The number of nitrogens with zero attached hydrogens (tertiary/aromatic N) is 1. The quantitative estimate of drug-likeness (QED) is 0.157. The summed E-state index contributed by atoms with van der Waals surface area (Å²) in [6, 6.07) is 10.7. The predicted molar refractivity (Wildman–Crippen MR) is 149 cm³/mol. The highest BCUT2D eigenvalue weighted by atomic mass is 19.1. The van der Waals surface area contributed by atoms with Crippen molar-refractivity contribution in [3.63, 3.8) is 0 Å². The lowest BCUT2D eigenvalue weighted by Crippen LogP contribution is -2.42. The topological polar surface area (TPSA) is 142 Å². The summed E-state index contributed by atoms with van der Waals surface area (Å²) in [7, 11) is 0. The molecule has 2 amide bonds. The zero-order valence-corrected chi connectivity index (χ0v) is 23.8. The number of benzene rings is 2. The van der Waals surface area contributed by atoms with Crippen molar-refractivity contribution in [1.29, 1.82) is 0 Å². The van der Waals surface area contributed by atoms with Gasteiger partial charge in [0.05, 0.1) is 11.6 Å². The lowest BCUT2D eigenvalue weighted by atomic mass is 10.0. The maximum atomic E-state index is 13.6. The van der Waals surface area contributed by atoms with Crippen LogP contribution in [-0.4, -0.2) is 48.2 Å². The Labute approximate surface area is 246 Å².